The van der Waals surface area contributed by atoms with E-state index in [-0.39, 0.29) is 19.3 Å². The number of nitrogens with one attached hydrogen (secondary N) is 2. The molecule has 1 saturated carbocycles. The van der Waals surface area contributed by atoms with Gasteiger partial charge < -0.3 is 25.7 Å². The zero-order valence-corrected chi connectivity index (χ0v) is 22.4. The van der Waals surface area contributed by atoms with E-state index in [1.54, 1.807) is 0 Å². The van der Waals surface area contributed by atoms with Gasteiger partial charge in [-0.25, -0.2) is 15.2 Å². The highest BCUT2D eigenvalue weighted by molar-refractivity contribution is 5.86. The van der Waals surface area contributed by atoms with Crippen molar-refractivity contribution in [2.45, 2.75) is 89.3 Å². The first-order valence-corrected chi connectivity index (χ1v) is 13.2. The second kappa shape index (κ2) is 12.7. The maximum Gasteiger partial charge on any atom is 0.422 e. The molecular weight excluding hydrogens is 486 g/mol. The maximum absolute atomic E-state index is 13.4. The van der Waals surface area contributed by atoms with Crippen molar-refractivity contribution in [3.63, 3.8) is 0 Å². The van der Waals surface area contributed by atoms with E-state index in [0.717, 1.165) is 16.1 Å². The predicted molar refractivity (Wildman–Crippen MR) is 144 cm³/mol. The van der Waals surface area contributed by atoms with Gasteiger partial charge >= 0.3 is 6.09 Å². The van der Waals surface area contributed by atoms with Crippen LogP contribution in [0, 0.1) is 5.41 Å². The summed E-state index contributed by atoms with van der Waals surface area (Å²) in [5.41, 5.74) is 2.23. The molecule has 38 heavy (non-hydrogen) atoms. The molecule has 0 heterocycles. The molecule has 5 atom stereocenters. The number of carbonyl (C=O) groups excluding carboxylic acids is 1. The van der Waals surface area contributed by atoms with E-state index in [0.29, 0.717) is 19.3 Å². The molecule has 2 aromatic carbocycles. The molecular formula is C29H41N3O6. The van der Waals surface area contributed by atoms with E-state index < -0.39 is 47.4 Å². The molecule has 1 aliphatic rings. The van der Waals surface area contributed by atoms with Gasteiger partial charge in [0.05, 0.1) is 18.2 Å². The first kappa shape index (κ1) is 29.6. The number of benzene rings is 2. The fourth-order valence-corrected chi connectivity index (χ4v) is 5.13. The van der Waals surface area contributed by atoms with Crippen LogP contribution in [0.2, 0.25) is 0 Å². The highest BCUT2D eigenvalue weighted by atomic mass is 16.4. The van der Waals surface area contributed by atoms with Gasteiger partial charge in [0.25, 0.3) is 5.91 Å². The Bertz CT molecular complexity index is 1050. The summed E-state index contributed by atoms with van der Waals surface area (Å²) in [6, 6.07) is 17.8. The molecule has 0 bridgehead atoms. The number of carboxylic acid groups (broad SMARTS) is 1. The highest BCUT2D eigenvalue weighted by Crippen LogP contribution is 2.46. The average Bonchev–Trinajstić information content (AvgIpc) is 3.17. The lowest BCUT2D eigenvalue weighted by Crippen LogP contribution is -2.66. The van der Waals surface area contributed by atoms with Gasteiger partial charge in [0.2, 0.25) is 0 Å². The normalized spacial score (nSPS) is 21.7. The number of hydrogen-bond donors (Lipinski definition) is 6. The Labute approximate surface area is 224 Å². The van der Waals surface area contributed by atoms with Crippen LogP contribution in [0.15, 0.2) is 60.7 Å². The minimum Gasteiger partial charge on any atom is -0.464 e. The SMILES string of the molecule is CC(O)C(Cc1ccccc1)N(NC(NC(=O)C1(O)CCCC1(C)C)C(O)CCc1ccccc1)C(=O)O. The Morgan fingerprint density at radius 1 is 0.974 bits per heavy atom. The van der Waals surface area contributed by atoms with E-state index in [2.05, 4.69) is 10.7 Å². The molecule has 208 valence electrons. The number of amides is 2. The summed E-state index contributed by atoms with van der Waals surface area (Å²) in [5.74, 6) is -0.668. The van der Waals surface area contributed by atoms with Crippen LogP contribution >= 0.6 is 0 Å². The molecule has 9 heteroatoms. The van der Waals surface area contributed by atoms with Crippen molar-refractivity contribution < 1.29 is 30.0 Å². The molecule has 5 unspecified atom stereocenters. The monoisotopic (exact) mass is 527 g/mol. The minimum absolute atomic E-state index is 0.204. The van der Waals surface area contributed by atoms with Gasteiger partial charge in [-0.15, -0.1) is 0 Å². The van der Waals surface area contributed by atoms with Crippen molar-refractivity contribution in [3.05, 3.63) is 71.8 Å². The van der Waals surface area contributed by atoms with Crippen LogP contribution in [-0.4, -0.2) is 67.5 Å². The lowest BCUT2D eigenvalue weighted by Gasteiger charge is -2.40. The third-order valence-electron chi connectivity index (χ3n) is 7.74. The predicted octanol–water partition coefficient (Wildman–Crippen LogP) is 2.84. The summed E-state index contributed by atoms with van der Waals surface area (Å²) in [6.07, 6.45) is -2.35. The topological polar surface area (TPSA) is 142 Å². The van der Waals surface area contributed by atoms with Crippen LogP contribution in [-0.2, 0) is 17.6 Å². The van der Waals surface area contributed by atoms with Gasteiger partial charge in [-0.2, -0.15) is 0 Å². The van der Waals surface area contributed by atoms with Crippen molar-refractivity contribution in [2.75, 3.05) is 0 Å². The number of nitrogens with zero attached hydrogens (tertiary/aromatic N) is 1. The van der Waals surface area contributed by atoms with Crippen LogP contribution in [0.5, 0.6) is 0 Å². The molecule has 1 fully saturated rings. The molecule has 0 spiro atoms. The number of aryl methyl sites for hydroxylation is 1. The van der Waals surface area contributed by atoms with Crippen LogP contribution in [0.25, 0.3) is 0 Å². The largest absolute Gasteiger partial charge is 0.464 e. The molecule has 0 radical (unpaired) electrons. The lowest BCUT2D eigenvalue weighted by molar-refractivity contribution is -0.152. The van der Waals surface area contributed by atoms with Gasteiger partial charge in [0, 0.05) is 5.41 Å². The zero-order chi connectivity index (χ0) is 27.9. The van der Waals surface area contributed by atoms with Gasteiger partial charge in [-0.3, -0.25) is 4.79 Å². The Balaban J connectivity index is 1.86. The first-order chi connectivity index (χ1) is 17.9. The average molecular weight is 528 g/mol. The molecule has 0 aromatic heterocycles. The number of aliphatic hydroxyl groups is 3. The number of hydrazine groups is 1. The van der Waals surface area contributed by atoms with Gasteiger partial charge in [0.1, 0.15) is 11.8 Å². The number of aliphatic hydroxyl groups excluding tert-OH is 2. The van der Waals surface area contributed by atoms with E-state index in [4.69, 9.17) is 0 Å². The lowest BCUT2D eigenvalue weighted by atomic mass is 9.77. The molecule has 6 N–H and O–H groups in total. The third kappa shape index (κ3) is 7.11. The van der Waals surface area contributed by atoms with Crippen molar-refractivity contribution in [1.82, 2.24) is 15.8 Å². The van der Waals surface area contributed by atoms with E-state index in [1.165, 1.54) is 6.92 Å². The van der Waals surface area contributed by atoms with Gasteiger partial charge in [0.15, 0.2) is 0 Å². The second-order valence-electron chi connectivity index (χ2n) is 10.9. The van der Waals surface area contributed by atoms with Crippen LogP contribution < -0.4 is 10.7 Å². The van der Waals surface area contributed by atoms with E-state index >= 15 is 0 Å². The molecule has 2 aromatic rings. The fourth-order valence-electron chi connectivity index (χ4n) is 5.13. The number of hydrogen-bond acceptors (Lipinski definition) is 6. The van der Waals surface area contributed by atoms with Crippen molar-refractivity contribution in [2.24, 2.45) is 5.41 Å². The van der Waals surface area contributed by atoms with Crippen molar-refractivity contribution in [1.29, 1.82) is 0 Å². The molecule has 9 nitrogen and oxygen atoms in total. The Morgan fingerprint density at radius 3 is 2.05 bits per heavy atom. The third-order valence-corrected chi connectivity index (χ3v) is 7.74. The van der Waals surface area contributed by atoms with Crippen LogP contribution in [0.3, 0.4) is 0 Å². The van der Waals surface area contributed by atoms with Crippen LogP contribution in [0.4, 0.5) is 4.79 Å². The first-order valence-electron chi connectivity index (χ1n) is 13.2. The van der Waals surface area contributed by atoms with E-state index in [1.807, 2.05) is 74.5 Å². The Hall–Kier alpha value is -2.98. The molecule has 2 amide bonds. The smallest absolute Gasteiger partial charge is 0.422 e. The van der Waals surface area contributed by atoms with Gasteiger partial charge in [-0.05, 0) is 56.6 Å². The Kier molecular flexibility index (Phi) is 9.89. The van der Waals surface area contributed by atoms with Crippen molar-refractivity contribution >= 4 is 12.0 Å². The zero-order valence-electron chi connectivity index (χ0n) is 22.4. The fraction of sp³-hybridized carbons (Fsp3) is 0.517. The molecule has 1 aliphatic carbocycles. The molecule has 0 saturated heterocycles. The molecule has 0 aliphatic heterocycles. The standard InChI is InChI=1S/C29H41N3O6/c1-20(33)23(19-22-13-8-5-9-14-22)32(27(36)37)31-25(24(34)16-15-21-11-6-4-7-12-21)30-26(35)29(38)18-10-17-28(29,2)3/h4-9,11-14,20,23-25,31,33-34,38H,10,15-19H2,1-3H3,(H,30,35)(H,36,37). The minimum atomic E-state index is -1.66. The molecule has 3 rings (SSSR count). The quantitative estimate of drug-likeness (QED) is 0.184. The van der Waals surface area contributed by atoms with E-state index in [9.17, 15) is 30.0 Å². The second-order valence-corrected chi connectivity index (χ2v) is 10.9. The highest BCUT2D eigenvalue weighted by Gasteiger charge is 2.53. The Morgan fingerprint density at radius 2 is 1.55 bits per heavy atom. The summed E-state index contributed by atoms with van der Waals surface area (Å²) in [5, 5.41) is 46.6. The summed E-state index contributed by atoms with van der Waals surface area (Å²) >= 11 is 0. The van der Waals surface area contributed by atoms with Gasteiger partial charge in [-0.1, -0.05) is 74.5 Å². The summed E-state index contributed by atoms with van der Waals surface area (Å²) in [4.78, 5) is 25.8. The van der Waals surface area contributed by atoms with Crippen LogP contribution in [0.1, 0.15) is 57.6 Å². The number of carbonyl (C=O) groups is 2. The summed E-state index contributed by atoms with van der Waals surface area (Å²) < 4.78 is 0. The maximum atomic E-state index is 13.4. The number of rotatable bonds is 12. The van der Waals surface area contributed by atoms with Crippen molar-refractivity contribution in [3.8, 4) is 0 Å². The summed E-state index contributed by atoms with van der Waals surface area (Å²) in [6.45, 7) is 5.13. The summed E-state index contributed by atoms with van der Waals surface area (Å²) in [7, 11) is 0.